The van der Waals surface area contributed by atoms with Crippen LogP contribution in [0.4, 0.5) is 0 Å². The van der Waals surface area contributed by atoms with Gasteiger partial charge < -0.3 is 0 Å². The molecule has 13 heavy (non-hydrogen) atoms. The summed E-state index contributed by atoms with van der Waals surface area (Å²) in [6.45, 7) is 17.0. The molecule has 0 N–H and O–H groups in total. The molecule has 0 nitrogen and oxygen atoms in total. The lowest BCUT2D eigenvalue weighted by Gasteiger charge is -1.87. The Morgan fingerprint density at radius 1 is 1.00 bits per heavy atom. The molecule has 0 bridgehead atoms. The topological polar surface area (TPSA) is 0 Å². The molecule has 0 aliphatic carbocycles. The fourth-order valence-electron chi connectivity index (χ4n) is 0.496. The number of hydrogen-bond donors (Lipinski definition) is 0. The summed E-state index contributed by atoms with van der Waals surface area (Å²) in [5.41, 5.74) is 1.98. The summed E-state index contributed by atoms with van der Waals surface area (Å²) in [5.74, 6) is 0. The maximum Gasteiger partial charge on any atom is -0.0329 e. The van der Waals surface area contributed by atoms with Crippen LogP contribution in [0.25, 0.3) is 0 Å². The molecule has 0 saturated heterocycles. The van der Waals surface area contributed by atoms with Gasteiger partial charge in [0, 0.05) is 0 Å². The smallest absolute Gasteiger partial charge is 0.0329 e. The van der Waals surface area contributed by atoms with Crippen molar-refractivity contribution in [2.24, 2.45) is 0 Å². The van der Waals surface area contributed by atoms with Crippen molar-refractivity contribution >= 4 is 0 Å². The van der Waals surface area contributed by atoms with Crippen LogP contribution in [0.3, 0.4) is 0 Å². The SMILES string of the molecule is C=C/C=C\C(=C)/C=C/C(=C)C.CC. The van der Waals surface area contributed by atoms with E-state index in [0.717, 1.165) is 11.1 Å². The van der Waals surface area contributed by atoms with Crippen molar-refractivity contribution in [2.45, 2.75) is 20.8 Å². The maximum atomic E-state index is 3.80. The van der Waals surface area contributed by atoms with Gasteiger partial charge in [-0.1, -0.05) is 69.5 Å². The van der Waals surface area contributed by atoms with E-state index in [-0.39, 0.29) is 0 Å². The molecule has 0 heteroatoms. The third kappa shape index (κ3) is 13.7. The second kappa shape index (κ2) is 10.7. The quantitative estimate of drug-likeness (QED) is 0.555. The largest absolute Gasteiger partial charge is 0.0991 e. The monoisotopic (exact) mass is 176 g/mol. The van der Waals surface area contributed by atoms with E-state index in [1.807, 2.05) is 45.1 Å². The molecule has 0 atom stereocenters. The lowest BCUT2D eigenvalue weighted by molar-refractivity contribution is 1.50. The summed E-state index contributed by atoms with van der Waals surface area (Å²) in [4.78, 5) is 0. The Morgan fingerprint density at radius 3 is 1.92 bits per heavy atom. The summed E-state index contributed by atoms with van der Waals surface area (Å²) < 4.78 is 0. The maximum absolute atomic E-state index is 3.80. The highest BCUT2D eigenvalue weighted by atomic mass is 13.8. The van der Waals surface area contributed by atoms with Crippen molar-refractivity contribution in [1.82, 2.24) is 0 Å². The first-order valence-corrected chi connectivity index (χ1v) is 4.48. The van der Waals surface area contributed by atoms with Gasteiger partial charge in [0.1, 0.15) is 0 Å². The first kappa shape index (κ1) is 14.2. The molecule has 0 fully saturated rings. The average Bonchev–Trinajstić information content (AvgIpc) is 2.14. The minimum absolute atomic E-state index is 0.952. The zero-order valence-corrected chi connectivity index (χ0v) is 9.01. The minimum Gasteiger partial charge on any atom is -0.0991 e. The highest BCUT2D eigenvalue weighted by Gasteiger charge is 1.77. The van der Waals surface area contributed by atoms with E-state index < -0.39 is 0 Å². The molecule has 0 radical (unpaired) electrons. The van der Waals surface area contributed by atoms with E-state index in [2.05, 4.69) is 19.7 Å². The second-order valence-corrected chi connectivity index (χ2v) is 2.35. The van der Waals surface area contributed by atoms with E-state index in [0.29, 0.717) is 0 Å². The Hall–Kier alpha value is -1.30. The van der Waals surface area contributed by atoms with Crippen molar-refractivity contribution < 1.29 is 0 Å². The molecule has 0 spiro atoms. The summed E-state index contributed by atoms with van der Waals surface area (Å²) in [6.07, 6.45) is 9.31. The zero-order valence-electron chi connectivity index (χ0n) is 9.01. The normalized spacial score (nSPS) is 9.46. The third-order valence-electron chi connectivity index (χ3n) is 1.03. The molecule has 0 aliphatic rings. The number of allylic oxidation sites excluding steroid dienone is 7. The first-order chi connectivity index (χ1) is 6.16. The molecule has 0 unspecified atom stereocenters. The van der Waals surface area contributed by atoms with E-state index in [1.54, 1.807) is 6.08 Å². The molecule has 72 valence electrons. The van der Waals surface area contributed by atoms with Crippen molar-refractivity contribution in [3.8, 4) is 0 Å². The van der Waals surface area contributed by atoms with Gasteiger partial charge in [-0.25, -0.2) is 0 Å². The van der Waals surface area contributed by atoms with Gasteiger partial charge in [-0.2, -0.15) is 0 Å². The molecule has 0 saturated carbocycles. The molecule has 0 aromatic carbocycles. The first-order valence-electron chi connectivity index (χ1n) is 4.48. The van der Waals surface area contributed by atoms with Crippen LogP contribution in [-0.4, -0.2) is 0 Å². The van der Waals surface area contributed by atoms with Crippen LogP contribution in [0.15, 0.2) is 61.3 Å². The Balaban J connectivity index is 0. The number of hydrogen-bond acceptors (Lipinski definition) is 0. The molecular formula is C13H20. The Kier molecular flexibility index (Phi) is 11.7. The zero-order chi connectivity index (χ0) is 10.7. The molecule has 0 aliphatic heterocycles. The van der Waals surface area contributed by atoms with Crippen LogP contribution in [0.5, 0.6) is 0 Å². The third-order valence-corrected chi connectivity index (χ3v) is 1.03. The van der Waals surface area contributed by atoms with Crippen molar-refractivity contribution in [3.05, 3.63) is 61.3 Å². The van der Waals surface area contributed by atoms with Gasteiger partial charge in [0.25, 0.3) is 0 Å². The van der Waals surface area contributed by atoms with Crippen LogP contribution in [-0.2, 0) is 0 Å². The van der Waals surface area contributed by atoms with E-state index in [1.165, 1.54) is 0 Å². The van der Waals surface area contributed by atoms with E-state index in [9.17, 15) is 0 Å². The van der Waals surface area contributed by atoms with Gasteiger partial charge in [-0.3, -0.25) is 0 Å². The predicted molar refractivity (Wildman–Crippen MR) is 63.8 cm³/mol. The Labute approximate surface area is 82.7 Å². The summed E-state index contributed by atoms with van der Waals surface area (Å²) in [5, 5.41) is 0. The van der Waals surface area contributed by atoms with E-state index >= 15 is 0 Å². The molecule has 0 aromatic rings. The van der Waals surface area contributed by atoms with Gasteiger partial charge in [-0.05, 0) is 12.5 Å². The Morgan fingerprint density at radius 2 is 1.54 bits per heavy atom. The van der Waals surface area contributed by atoms with Crippen molar-refractivity contribution in [3.63, 3.8) is 0 Å². The lowest BCUT2D eigenvalue weighted by Crippen LogP contribution is -1.66. The highest BCUT2D eigenvalue weighted by Crippen LogP contribution is 1.98. The summed E-state index contributed by atoms with van der Waals surface area (Å²) in [6, 6.07) is 0. The van der Waals surface area contributed by atoms with E-state index in [4.69, 9.17) is 0 Å². The average molecular weight is 176 g/mol. The predicted octanol–water partition coefficient (Wildman–Crippen LogP) is 4.44. The van der Waals surface area contributed by atoms with Crippen molar-refractivity contribution in [1.29, 1.82) is 0 Å². The molecule has 0 aromatic heterocycles. The fraction of sp³-hybridized carbons (Fsp3) is 0.231. The Bertz CT molecular complexity index is 214. The van der Waals surface area contributed by atoms with Gasteiger partial charge in [0.05, 0.1) is 0 Å². The van der Waals surface area contributed by atoms with Crippen LogP contribution in [0.2, 0.25) is 0 Å². The van der Waals surface area contributed by atoms with Gasteiger partial charge in [0.15, 0.2) is 0 Å². The molecule has 0 amide bonds. The van der Waals surface area contributed by atoms with Crippen LogP contribution < -0.4 is 0 Å². The summed E-state index contributed by atoms with van der Waals surface area (Å²) in [7, 11) is 0. The standard InChI is InChI=1S/C11H14.C2H6/c1-5-6-7-11(4)9-8-10(2)3;1-2/h5-9H,1-2,4H2,3H3;1-2H3/b7-6-,9-8+;. The van der Waals surface area contributed by atoms with Crippen LogP contribution in [0.1, 0.15) is 20.8 Å². The van der Waals surface area contributed by atoms with Crippen LogP contribution in [0, 0.1) is 0 Å². The molecular weight excluding hydrogens is 156 g/mol. The fourth-order valence-corrected chi connectivity index (χ4v) is 0.496. The lowest BCUT2D eigenvalue weighted by atomic mass is 10.2. The number of rotatable bonds is 4. The molecule has 0 heterocycles. The summed E-state index contributed by atoms with van der Waals surface area (Å²) >= 11 is 0. The molecule has 0 rings (SSSR count). The van der Waals surface area contributed by atoms with Crippen molar-refractivity contribution in [2.75, 3.05) is 0 Å². The second-order valence-electron chi connectivity index (χ2n) is 2.35. The van der Waals surface area contributed by atoms with Gasteiger partial charge in [0.2, 0.25) is 0 Å². The minimum atomic E-state index is 0.952. The highest BCUT2D eigenvalue weighted by molar-refractivity contribution is 5.32. The van der Waals surface area contributed by atoms with Gasteiger partial charge >= 0.3 is 0 Å². The van der Waals surface area contributed by atoms with Crippen LogP contribution >= 0.6 is 0 Å². The van der Waals surface area contributed by atoms with Gasteiger partial charge in [-0.15, -0.1) is 0 Å².